The van der Waals surface area contributed by atoms with Gasteiger partial charge in [0.15, 0.2) is 0 Å². The smallest absolute Gasteiger partial charge is 0.236 e. The lowest BCUT2D eigenvalue weighted by molar-refractivity contribution is 0.0775. The Morgan fingerprint density at radius 1 is 0.704 bits per heavy atom. The Hall–Kier alpha value is -3.13. The largest absolute Gasteiger partial charge is 0.279 e. The van der Waals surface area contributed by atoms with Gasteiger partial charge in [0.1, 0.15) is 0 Å². The summed E-state index contributed by atoms with van der Waals surface area (Å²) in [6.07, 6.45) is 0. The van der Waals surface area contributed by atoms with Gasteiger partial charge in [-0.05, 0) is 17.2 Å². The molecule has 0 atom stereocenters. The molecule has 3 aromatic carbocycles. The minimum atomic E-state index is -0.487. The van der Waals surface area contributed by atoms with Gasteiger partial charge in [0.25, 0.3) is 0 Å². The molecule has 0 aliphatic rings. The summed E-state index contributed by atoms with van der Waals surface area (Å²) in [5, 5.41) is 1.10. The summed E-state index contributed by atoms with van der Waals surface area (Å²) in [5.74, 6) is 0.0970. The highest BCUT2D eigenvalue weighted by Crippen LogP contribution is 2.42. The zero-order chi connectivity index (χ0) is 19.0. The van der Waals surface area contributed by atoms with Crippen molar-refractivity contribution in [3.05, 3.63) is 84.9 Å². The molecule has 0 amide bonds. The lowest BCUT2D eigenvalue weighted by atomic mass is 9.94. The molecule has 0 N–H and O–H groups in total. The fraction of sp³-hybridized carbons (Fsp3) is 0.160. The molecular formula is C25H23NO. The summed E-state index contributed by atoms with van der Waals surface area (Å²) >= 11 is 0. The van der Waals surface area contributed by atoms with Gasteiger partial charge in [0.05, 0.1) is 11.2 Å². The fourth-order valence-electron chi connectivity index (χ4n) is 3.55. The topological polar surface area (TPSA) is 22.0 Å². The van der Waals surface area contributed by atoms with Gasteiger partial charge in [-0.15, -0.1) is 0 Å². The molecule has 1 aromatic heterocycles. The number of rotatable bonds is 2. The number of benzene rings is 3. The number of carbonyl (C=O) groups is 1. The van der Waals surface area contributed by atoms with E-state index in [1.54, 1.807) is 0 Å². The van der Waals surface area contributed by atoms with Crippen LogP contribution in [-0.2, 0) is 0 Å². The number of para-hydroxylation sites is 1. The van der Waals surface area contributed by atoms with Crippen LogP contribution in [0.5, 0.6) is 0 Å². The predicted octanol–water partition coefficient (Wildman–Crippen LogP) is 6.66. The third kappa shape index (κ3) is 2.97. The van der Waals surface area contributed by atoms with E-state index in [0.29, 0.717) is 0 Å². The van der Waals surface area contributed by atoms with E-state index in [-0.39, 0.29) is 5.91 Å². The van der Waals surface area contributed by atoms with Crippen LogP contribution < -0.4 is 0 Å². The standard InChI is InChI=1S/C25H23NO/c1-25(2,3)24(27)26-21-17-11-10-16-20(21)22(18-12-6-4-7-13-18)23(26)19-14-8-5-9-15-19/h4-17H,1-3H3. The number of carbonyl (C=O) groups excluding carboxylic acids is 1. The van der Waals surface area contributed by atoms with Gasteiger partial charge < -0.3 is 0 Å². The molecule has 0 aliphatic carbocycles. The third-order valence-corrected chi connectivity index (χ3v) is 4.83. The van der Waals surface area contributed by atoms with Crippen molar-refractivity contribution in [3.8, 4) is 22.4 Å². The Kier molecular flexibility index (Phi) is 4.19. The van der Waals surface area contributed by atoms with Crippen LogP contribution in [-0.4, -0.2) is 10.5 Å². The Morgan fingerprint density at radius 3 is 1.81 bits per heavy atom. The Morgan fingerprint density at radius 2 is 1.22 bits per heavy atom. The molecule has 4 rings (SSSR count). The minimum Gasteiger partial charge on any atom is -0.279 e. The van der Waals surface area contributed by atoms with Gasteiger partial charge in [-0.25, -0.2) is 0 Å². The van der Waals surface area contributed by atoms with Gasteiger partial charge >= 0.3 is 0 Å². The van der Waals surface area contributed by atoms with Crippen molar-refractivity contribution in [3.63, 3.8) is 0 Å². The molecule has 0 saturated carbocycles. The molecule has 0 fully saturated rings. The van der Waals surface area contributed by atoms with Crippen LogP contribution in [0.2, 0.25) is 0 Å². The van der Waals surface area contributed by atoms with Crippen LogP contribution in [0, 0.1) is 5.41 Å². The summed E-state index contributed by atoms with van der Waals surface area (Å²) in [5.41, 5.74) is 4.70. The lowest BCUT2D eigenvalue weighted by Gasteiger charge is -2.21. The van der Waals surface area contributed by atoms with Crippen molar-refractivity contribution in [1.29, 1.82) is 0 Å². The van der Waals surface area contributed by atoms with Crippen LogP contribution in [0.1, 0.15) is 25.6 Å². The summed E-state index contributed by atoms with van der Waals surface area (Å²) in [6.45, 7) is 5.92. The van der Waals surface area contributed by atoms with Gasteiger partial charge in [-0.1, -0.05) is 99.6 Å². The van der Waals surface area contributed by atoms with Crippen molar-refractivity contribution in [2.45, 2.75) is 20.8 Å². The van der Waals surface area contributed by atoms with Gasteiger partial charge in [-0.3, -0.25) is 9.36 Å². The molecule has 4 aromatic rings. The number of nitrogens with zero attached hydrogens (tertiary/aromatic N) is 1. The predicted molar refractivity (Wildman–Crippen MR) is 113 cm³/mol. The number of fused-ring (bicyclic) bond motifs is 1. The second-order valence-corrected chi connectivity index (χ2v) is 7.86. The molecule has 0 saturated heterocycles. The molecule has 0 unspecified atom stereocenters. The third-order valence-electron chi connectivity index (χ3n) is 4.83. The van der Waals surface area contributed by atoms with Crippen LogP contribution in [0.4, 0.5) is 0 Å². The van der Waals surface area contributed by atoms with Crippen molar-refractivity contribution in [2.24, 2.45) is 5.41 Å². The lowest BCUT2D eigenvalue weighted by Crippen LogP contribution is -2.27. The second-order valence-electron chi connectivity index (χ2n) is 7.86. The molecule has 0 bridgehead atoms. The number of aromatic nitrogens is 1. The van der Waals surface area contributed by atoms with E-state index in [2.05, 4.69) is 30.3 Å². The van der Waals surface area contributed by atoms with Crippen LogP contribution in [0.3, 0.4) is 0 Å². The monoisotopic (exact) mass is 353 g/mol. The molecule has 1 heterocycles. The zero-order valence-electron chi connectivity index (χ0n) is 15.9. The minimum absolute atomic E-state index is 0.0970. The van der Waals surface area contributed by atoms with Gasteiger partial charge in [-0.2, -0.15) is 0 Å². The highest BCUT2D eigenvalue weighted by Gasteiger charge is 2.29. The molecule has 2 nitrogen and oxygen atoms in total. The zero-order valence-corrected chi connectivity index (χ0v) is 15.9. The van der Waals surface area contributed by atoms with E-state index in [0.717, 1.165) is 33.3 Å². The van der Waals surface area contributed by atoms with E-state index in [4.69, 9.17) is 0 Å². The normalized spacial score (nSPS) is 11.7. The Labute approximate surface area is 160 Å². The fourth-order valence-corrected chi connectivity index (χ4v) is 3.55. The molecule has 27 heavy (non-hydrogen) atoms. The molecule has 134 valence electrons. The van der Waals surface area contributed by atoms with E-state index in [1.165, 1.54) is 0 Å². The maximum Gasteiger partial charge on any atom is 0.236 e. The van der Waals surface area contributed by atoms with Crippen LogP contribution in [0.25, 0.3) is 33.3 Å². The second kappa shape index (κ2) is 6.55. The summed E-state index contributed by atoms with van der Waals surface area (Å²) in [4.78, 5) is 13.5. The highest BCUT2D eigenvalue weighted by molar-refractivity contribution is 6.10. The van der Waals surface area contributed by atoms with Crippen LogP contribution >= 0.6 is 0 Å². The average Bonchev–Trinajstić information content (AvgIpc) is 3.03. The first kappa shape index (κ1) is 17.3. The average molecular weight is 353 g/mol. The van der Waals surface area contributed by atoms with E-state index < -0.39 is 5.41 Å². The van der Waals surface area contributed by atoms with Gasteiger partial charge in [0, 0.05) is 16.4 Å². The van der Waals surface area contributed by atoms with Crippen LogP contribution in [0.15, 0.2) is 84.9 Å². The van der Waals surface area contributed by atoms with E-state index in [1.807, 2.05) is 79.9 Å². The SMILES string of the molecule is CC(C)(C)C(=O)n1c(-c2ccccc2)c(-c2ccccc2)c2ccccc21. The van der Waals surface area contributed by atoms with E-state index >= 15 is 0 Å². The summed E-state index contributed by atoms with van der Waals surface area (Å²) in [7, 11) is 0. The van der Waals surface area contributed by atoms with Crippen molar-refractivity contribution in [1.82, 2.24) is 4.57 Å². The van der Waals surface area contributed by atoms with Crippen molar-refractivity contribution < 1.29 is 4.79 Å². The maximum absolute atomic E-state index is 13.5. The maximum atomic E-state index is 13.5. The van der Waals surface area contributed by atoms with Gasteiger partial charge in [0.2, 0.25) is 5.91 Å². The van der Waals surface area contributed by atoms with Crippen molar-refractivity contribution >= 4 is 16.8 Å². The van der Waals surface area contributed by atoms with E-state index in [9.17, 15) is 4.79 Å². The molecule has 0 spiro atoms. The molecular weight excluding hydrogens is 330 g/mol. The highest BCUT2D eigenvalue weighted by atomic mass is 16.2. The Bertz CT molecular complexity index is 1100. The summed E-state index contributed by atoms with van der Waals surface area (Å²) < 4.78 is 1.91. The number of hydrogen-bond donors (Lipinski definition) is 0. The first-order chi connectivity index (χ1) is 13.0. The quantitative estimate of drug-likeness (QED) is 0.395. The molecule has 2 heteroatoms. The Balaban J connectivity index is 2.18. The number of hydrogen-bond acceptors (Lipinski definition) is 1. The molecule has 0 aliphatic heterocycles. The molecule has 0 radical (unpaired) electrons. The summed E-state index contributed by atoms with van der Waals surface area (Å²) in [6, 6.07) is 28.7. The van der Waals surface area contributed by atoms with Crippen molar-refractivity contribution in [2.75, 3.05) is 0 Å². The first-order valence-electron chi connectivity index (χ1n) is 9.27. The first-order valence-corrected chi connectivity index (χ1v) is 9.27.